The average Bonchev–Trinajstić information content (AvgIpc) is 2.36. The monoisotopic (exact) mass is 263 g/mol. The molecule has 1 amide bonds. The lowest BCUT2D eigenvalue weighted by molar-refractivity contribution is -0.160. The van der Waals surface area contributed by atoms with E-state index >= 15 is 0 Å². The molecule has 0 aliphatic carbocycles. The number of carboxylic acid groups (broad SMARTS) is 1. The van der Waals surface area contributed by atoms with Crippen LogP contribution in [0.1, 0.15) is 17.5 Å². The first-order valence-electron chi connectivity index (χ1n) is 6.24. The van der Waals surface area contributed by atoms with Crippen LogP contribution >= 0.6 is 0 Å². The van der Waals surface area contributed by atoms with Gasteiger partial charge >= 0.3 is 5.97 Å². The summed E-state index contributed by atoms with van der Waals surface area (Å²) in [6.45, 7) is 3.39. The van der Waals surface area contributed by atoms with Crippen LogP contribution in [0.2, 0.25) is 0 Å². The third-order valence-electron chi connectivity index (χ3n) is 3.12. The molecule has 1 aliphatic rings. The molecule has 1 fully saturated rings. The summed E-state index contributed by atoms with van der Waals surface area (Å²) in [5.74, 6) is -1.26. The molecule has 5 nitrogen and oxygen atoms in total. The highest BCUT2D eigenvalue weighted by atomic mass is 16.5. The maximum Gasteiger partial charge on any atom is 0.306 e. The Morgan fingerprint density at radius 2 is 2.11 bits per heavy atom. The largest absolute Gasteiger partial charge is 0.481 e. The highest BCUT2D eigenvalue weighted by Crippen LogP contribution is 2.14. The van der Waals surface area contributed by atoms with E-state index in [4.69, 9.17) is 9.84 Å². The lowest BCUT2D eigenvalue weighted by Crippen LogP contribution is -2.47. The number of aryl methyl sites for hydroxylation is 1. The zero-order valence-electron chi connectivity index (χ0n) is 10.8. The molecule has 1 saturated heterocycles. The summed E-state index contributed by atoms with van der Waals surface area (Å²) in [5.41, 5.74) is 2.20. The standard InChI is InChI=1S/C14H17NO4/c1-10-2-4-11(5-3-10)9-15-6-7-19-12(14(15)18)8-13(16)17/h2-5,12H,6-9H2,1H3,(H,16,17). The Morgan fingerprint density at radius 1 is 1.42 bits per heavy atom. The Kier molecular flexibility index (Phi) is 4.16. The molecule has 0 spiro atoms. The van der Waals surface area contributed by atoms with Gasteiger partial charge in [0.2, 0.25) is 0 Å². The summed E-state index contributed by atoms with van der Waals surface area (Å²) in [6, 6.07) is 7.94. The van der Waals surface area contributed by atoms with Crippen LogP contribution in [0.15, 0.2) is 24.3 Å². The molecule has 1 aromatic carbocycles. The number of nitrogens with zero attached hydrogens (tertiary/aromatic N) is 1. The van der Waals surface area contributed by atoms with Crippen LogP contribution in [0.3, 0.4) is 0 Å². The molecule has 1 atom stereocenters. The zero-order chi connectivity index (χ0) is 13.8. The van der Waals surface area contributed by atoms with E-state index in [0.717, 1.165) is 5.56 Å². The minimum absolute atomic E-state index is 0.241. The van der Waals surface area contributed by atoms with Crippen LogP contribution in [0, 0.1) is 6.92 Å². The number of aliphatic carboxylic acids is 1. The van der Waals surface area contributed by atoms with Crippen LogP contribution < -0.4 is 0 Å². The van der Waals surface area contributed by atoms with Gasteiger partial charge in [0, 0.05) is 13.1 Å². The number of hydrogen-bond acceptors (Lipinski definition) is 3. The van der Waals surface area contributed by atoms with E-state index in [0.29, 0.717) is 19.7 Å². The predicted molar refractivity (Wildman–Crippen MR) is 68.6 cm³/mol. The lowest BCUT2D eigenvalue weighted by Gasteiger charge is -2.31. The molecular formula is C14H17NO4. The number of morpholine rings is 1. The predicted octanol–water partition coefficient (Wildman–Crippen LogP) is 1.20. The van der Waals surface area contributed by atoms with E-state index in [9.17, 15) is 9.59 Å². The highest BCUT2D eigenvalue weighted by molar-refractivity contribution is 5.85. The Labute approximate surface area is 111 Å². The number of carbonyl (C=O) groups is 2. The maximum atomic E-state index is 12.1. The van der Waals surface area contributed by atoms with Gasteiger partial charge in [-0.25, -0.2) is 0 Å². The zero-order valence-corrected chi connectivity index (χ0v) is 10.8. The fraction of sp³-hybridized carbons (Fsp3) is 0.429. The number of hydrogen-bond donors (Lipinski definition) is 1. The van der Waals surface area contributed by atoms with Gasteiger partial charge < -0.3 is 14.7 Å². The third-order valence-corrected chi connectivity index (χ3v) is 3.12. The van der Waals surface area contributed by atoms with Crippen molar-refractivity contribution in [3.05, 3.63) is 35.4 Å². The van der Waals surface area contributed by atoms with Gasteiger partial charge in [0.05, 0.1) is 13.0 Å². The van der Waals surface area contributed by atoms with E-state index in [2.05, 4.69) is 0 Å². The fourth-order valence-corrected chi connectivity index (χ4v) is 2.07. The van der Waals surface area contributed by atoms with E-state index in [-0.39, 0.29) is 12.3 Å². The Bertz CT molecular complexity index is 469. The fourth-order valence-electron chi connectivity index (χ4n) is 2.07. The van der Waals surface area contributed by atoms with Crippen LogP contribution in [0.5, 0.6) is 0 Å². The molecule has 0 radical (unpaired) electrons. The summed E-state index contributed by atoms with van der Waals surface area (Å²) in [4.78, 5) is 24.4. The van der Waals surface area contributed by atoms with Crippen molar-refractivity contribution in [2.75, 3.05) is 13.2 Å². The topological polar surface area (TPSA) is 66.8 Å². The van der Waals surface area contributed by atoms with Crippen LogP contribution in [-0.4, -0.2) is 41.1 Å². The highest BCUT2D eigenvalue weighted by Gasteiger charge is 2.31. The first kappa shape index (κ1) is 13.5. The molecular weight excluding hydrogens is 246 g/mol. The SMILES string of the molecule is Cc1ccc(CN2CCOC(CC(=O)O)C2=O)cc1. The number of carboxylic acids is 1. The average molecular weight is 263 g/mol. The van der Waals surface area contributed by atoms with Gasteiger partial charge in [-0.15, -0.1) is 0 Å². The second-order valence-corrected chi connectivity index (χ2v) is 4.70. The molecule has 0 saturated carbocycles. The van der Waals surface area contributed by atoms with Crippen molar-refractivity contribution in [3.8, 4) is 0 Å². The van der Waals surface area contributed by atoms with Gasteiger partial charge in [-0.2, -0.15) is 0 Å². The minimum atomic E-state index is -1.02. The molecule has 5 heteroatoms. The van der Waals surface area contributed by atoms with E-state index < -0.39 is 12.1 Å². The van der Waals surface area contributed by atoms with Crippen molar-refractivity contribution in [2.45, 2.75) is 26.0 Å². The van der Waals surface area contributed by atoms with Crippen molar-refractivity contribution < 1.29 is 19.4 Å². The van der Waals surface area contributed by atoms with E-state index in [1.807, 2.05) is 31.2 Å². The van der Waals surface area contributed by atoms with Gasteiger partial charge in [0.15, 0.2) is 0 Å². The molecule has 1 aliphatic heterocycles. The summed E-state index contributed by atoms with van der Waals surface area (Å²) in [7, 11) is 0. The molecule has 1 N–H and O–H groups in total. The van der Waals surface area contributed by atoms with Crippen LogP contribution in [-0.2, 0) is 20.9 Å². The smallest absolute Gasteiger partial charge is 0.306 e. The van der Waals surface area contributed by atoms with Gasteiger partial charge in [0.1, 0.15) is 6.10 Å². The summed E-state index contributed by atoms with van der Waals surface area (Å²) >= 11 is 0. The number of carbonyl (C=O) groups excluding carboxylic acids is 1. The van der Waals surface area contributed by atoms with Gasteiger partial charge in [0.25, 0.3) is 5.91 Å². The van der Waals surface area contributed by atoms with Crippen LogP contribution in [0.4, 0.5) is 0 Å². The number of amides is 1. The number of benzene rings is 1. The van der Waals surface area contributed by atoms with Crippen molar-refractivity contribution in [1.82, 2.24) is 4.90 Å². The first-order valence-corrected chi connectivity index (χ1v) is 6.24. The molecule has 0 aromatic heterocycles. The second-order valence-electron chi connectivity index (χ2n) is 4.70. The summed E-state index contributed by atoms with van der Waals surface area (Å²) in [5, 5.41) is 8.74. The van der Waals surface area contributed by atoms with Gasteiger partial charge in [-0.05, 0) is 12.5 Å². The number of rotatable bonds is 4. The summed E-state index contributed by atoms with van der Waals surface area (Å²) in [6.07, 6.45) is -1.12. The number of ether oxygens (including phenoxy) is 1. The molecule has 1 heterocycles. The quantitative estimate of drug-likeness (QED) is 0.886. The molecule has 0 bridgehead atoms. The first-order chi connectivity index (χ1) is 9.06. The molecule has 1 aromatic rings. The van der Waals surface area contributed by atoms with E-state index in [1.54, 1.807) is 4.90 Å². The Morgan fingerprint density at radius 3 is 2.74 bits per heavy atom. The maximum absolute atomic E-state index is 12.1. The second kappa shape index (κ2) is 5.84. The van der Waals surface area contributed by atoms with Crippen molar-refractivity contribution in [2.24, 2.45) is 0 Å². The third kappa shape index (κ3) is 3.54. The molecule has 102 valence electrons. The Hall–Kier alpha value is -1.88. The lowest BCUT2D eigenvalue weighted by atomic mass is 10.1. The molecule has 19 heavy (non-hydrogen) atoms. The van der Waals surface area contributed by atoms with Crippen LogP contribution in [0.25, 0.3) is 0 Å². The minimum Gasteiger partial charge on any atom is -0.481 e. The normalized spacial score (nSPS) is 19.5. The van der Waals surface area contributed by atoms with Gasteiger partial charge in [-0.1, -0.05) is 29.8 Å². The van der Waals surface area contributed by atoms with Gasteiger partial charge in [-0.3, -0.25) is 9.59 Å². The van der Waals surface area contributed by atoms with Crippen molar-refractivity contribution in [3.63, 3.8) is 0 Å². The Balaban J connectivity index is 2.01. The van der Waals surface area contributed by atoms with E-state index in [1.165, 1.54) is 5.56 Å². The van der Waals surface area contributed by atoms with Crippen molar-refractivity contribution >= 4 is 11.9 Å². The van der Waals surface area contributed by atoms with Crippen molar-refractivity contribution in [1.29, 1.82) is 0 Å². The molecule has 1 unspecified atom stereocenters. The summed E-state index contributed by atoms with van der Waals surface area (Å²) < 4.78 is 5.22. The molecule has 2 rings (SSSR count).